The van der Waals surface area contributed by atoms with Gasteiger partial charge in [0.05, 0.1) is 19.7 Å². The van der Waals surface area contributed by atoms with Crippen LogP contribution in [0.3, 0.4) is 0 Å². The first kappa shape index (κ1) is 17.0. The maximum Gasteiger partial charge on any atom is 0.162 e. The first-order valence-electron chi connectivity index (χ1n) is 8.30. The van der Waals surface area contributed by atoms with Crippen molar-refractivity contribution in [1.29, 1.82) is 0 Å². The molecule has 130 valence electrons. The van der Waals surface area contributed by atoms with Gasteiger partial charge in [0.15, 0.2) is 11.5 Å². The highest BCUT2D eigenvalue weighted by molar-refractivity contribution is 5.91. The van der Waals surface area contributed by atoms with E-state index in [0.29, 0.717) is 11.5 Å². The van der Waals surface area contributed by atoms with E-state index in [4.69, 9.17) is 9.47 Å². The van der Waals surface area contributed by atoms with E-state index in [1.807, 2.05) is 19.1 Å². The number of aromatic nitrogens is 2. The van der Waals surface area contributed by atoms with Crippen LogP contribution in [0.4, 0.5) is 5.82 Å². The van der Waals surface area contributed by atoms with E-state index in [0.717, 1.165) is 35.5 Å². The molecule has 3 rings (SSSR count). The average molecular weight is 337 g/mol. The van der Waals surface area contributed by atoms with Crippen molar-refractivity contribution in [2.24, 2.45) is 0 Å². The molecule has 3 aromatic rings. The standard InChI is InChI=1S/C20H23N3O2/c1-13-5-7-15(8-6-13)9-10-21-20-16-11-18(24-3)19(25-4)12-17(16)22-14(2)23-20/h5-8,11-12H,9-10H2,1-4H3,(H,21,22,23). The first-order chi connectivity index (χ1) is 12.1. The minimum atomic E-state index is 0.665. The zero-order chi connectivity index (χ0) is 17.8. The maximum absolute atomic E-state index is 5.41. The lowest BCUT2D eigenvalue weighted by Gasteiger charge is -2.13. The molecule has 2 aromatic carbocycles. The maximum atomic E-state index is 5.41. The van der Waals surface area contributed by atoms with Gasteiger partial charge in [0.1, 0.15) is 11.6 Å². The van der Waals surface area contributed by atoms with E-state index in [9.17, 15) is 0 Å². The first-order valence-corrected chi connectivity index (χ1v) is 8.30. The molecule has 0 atom stereocenters. The highest BCUT2D eigenvalue weighted by Gasteiger charge is 2.12. The molecule has 0 saturated heterocycles. The molecule has 0 unspecified atom stereocenters. The number of ether oxygens (including phenoxy) is 2. The molecule has 1 aromatic heterocycles. The van der Waals surface area contributed by atoms with Crippen LogP contribution in [0.25, 0.3) is 10.9 Å². The molecule has 0 amide bonds. The SMILES string of the molecule is COc1cc2nc(C)nc(NCCc3ccc(C)cc3)c2cc1OC. The fourth-order valence-corrected chi connectivity index (χ4v) is 2.79. The van der Waals surface area contributed by atoms with E-state index < -0.39 is 0 Å². The number of benzene rings is 2. The second-order valence-electron chi connectivity index (χ2n) is 6.01. The van der Waals surface area contributed by atoms with Crippen LogP contribution in [0.15, 0.2) is 36.4 Å². The highest BCUT2D eigenvalue weighted by Crippen LogP contribution is 2.33. The molecule has 0 spiro atoms. The Labute approximate surface area is 148 Å². The van der Waals surface area contributed by atoms with Crippen molar-refractivity contribution in [2.75, 3.05) is 26.1 Å². The third kappa shape index (κ3) is 3.82. The molecule has 5 nitrogen and oxygen atoms in total. The van der Waals surface area contributed by atoms with Gasteiger partial charge in [0, 0.05) is 18.0 Å². The Morgan fingerprint density at radius 2 is 1.60 bits per heavy atom. The molecular formula is C20H23N3O2. The summed E-state index contributed by atoms with van der Waals surface area (Å²) in [6.45, 7) is 4.78. The molecule has 1 N–H and O–H groups in total. The van der Waals surface area contributed by atoms with Gasteiger partial charge in [-0.15, -0.1) is 0 Å². The smallest absolute Gasteiger partial charge is 0.162 e. The summed E-state index contributed by atoms with van der Waals surface area (Å²) in [5, 5.41) is 4.36. The van der Waals surface area contributed by atoms with Crippen molar-refractivity contribution >= 4 is 16.7 Å². The van der Waals surface area contributed by atoms with Gasteiger partial charge >= 0.3 is 0 Å². The van der Waals surface area contributed by atoms with Crippen LogP contribution >= 0.6 is 0 Å². The Morgan fingerprint density at radius 3 is 2.28 bits per heavy atom. The quantitative estimate of drug-likeness (QED) is 0.739. The van der Waals surface area contributed by atoms with E-state index in [1.165, 1.54) is 11.1 Å². The van der Waals surface area contributed by atoms with Crippen molar-refractivity contribution in [1.82, 2.24) is 9.97 Å². The monoisotopic (exact) mass is 337 g/mol. The van der Waals surface area contributed by atoms with Crippen molar-refractivity contribution in [3.05, 3.63) is 53.3 Å². The number of hydrogen-bond acceptors (Lipinski definition) is 5. The predicted molar refractivity (Wildman–Crippen MR) is 101 cm³/mol. The van der Waals surface area contributed by atoms with Crippen molar-refractivity contribution in [2.45, 2.75) is 20.3 Å². The molecule has 0 aliphatic carbocycles. The van der Waals surface area contributed by atoms with Gasteiger partial charge < -0.3 is 14.8 Å². The summed E-state index contributed by atoms with van der Waals surface area (Å²) >= 11 is 0. The van der Waals surface area contributed by atoms with E-state index in [1.54, 1.807) is 14.2 Å². The van der Waals surface area contributed by atoms with E-state index in [2.05, 4.69) is 46.5 Å². The van der Waals surface area contributed by atoms with Crippen LogP contribution in [-0.2, 0) is 6.42 Å². The highest BCUT2D eigenvalue weighted by atomic mass is 16.5. The third-order valence-corrected chi connectivity index (χ3v) is 4.14. The summed E-state index contributed by atoms with van der Waals surface area (Å²) in [6, 6.07) is 12.4. The lowest BCUT2D eigenvalue weighted by Crippen LogP contribution is -2.08. The zero-order valence-electron chi connectivity index (χ0n) is 15.1. The number of aryl methyl sites for hydroxylation is 2. The number of rotatable bonds is 6. The second-order valence-corrected chi connectivity index (χ2v) is 6.01. The second kappa shape index (κ2) is 7.38. The number of hydrogen-bond donors (Lipinski definition) is 1. The molecule has 0 saturated carbocycles. The average Bonchev–Trinajstić information content (AvgIpc) is 2.62. The van der Waals surface area contributed by atoms with E-state index >= 15 is 0 Å². The molecule has 0 fully saturated rings. The van der Waals surface area contributed by atoms with E-state index in [-0.39, 0.29) is 0 Å². The molecule has 0 radical (unpaired) electrons. The lowest BCUT2D eigenvalue weighted by atomic mass is 10.1. The Hall–Kier alpha value is -2.82. The summed E-state index contributed by atoms with van der Waals surface area (Å²) in [6.07, 6.45) is 0.929. The number of nitrogens with zero attached hydrogens (tertiary/aromatic N) is 2. The van der Waals surface area contributed by atoms with Gasteiger partial charge in [-0.2, -0.15) is 0 Å². The molecule has 0 aliphatic rings. The largest absolute Gasteiger partial charge is 0.493 e. The molecular weight excluding hydrogens is 314 g/mol. The van der Waals surface area contributed by atoms with Crippen LogP contribution in [-0.4, -0.2) is 30.7 Å². The topological polar surface area (TPSA) is 56.3 Å². The van der Waals surface area contributed by atoms with Crippen molar-refractivity contribution in [3.63, 3.8) is 0 Å². The molecule has 0 bridgehead atoms. The number of nitrogens with one attached hydrogen (secondary N) is 1. The van der Waals surface area contributed by atoms with Gasteiger partial charge in [0.25, 0.3) is 0 Å². The van der Waals surface area contributed by atoms with Gasteiger partial charge in [-0.25, -0.2) is 9.97 Å². The fraction of sp³-hybridized carbons (Fsp3) is 0.300. The Balaban J connectivity index is 1.85. The lowest BCUT2D eigenvalue weighted by molar-refractivity contribution is 0.356. The number of anilines is 1. The van der Waals surface area contributed by atoms with Crippen LogP contribution in [0.1, 0.15) is 17.0 Å². The Bertz CT molecular complexity index is 876. The Morgan fingerprint density at radius 1 is 0.920 bits per heavy atom. The van der Waals surface area contributed by atoms with Crippen molar-refractivity contribution < 1.29 is 9.47 Å². The summed E-state index contributed by atoms with van der Waals surface area (Å²) in [7, 11) is 3.25. The fourth-order valence-electron chi connectivity index (χ4n) is 2.79. The van der Waals surface area contributed by atoms with Crippen LogP contribution < -0.4 is 14.8 Å². The molecule has 0 aliphatic heterocycles. The summed E-state index contributed by atoms with van der Waals surface area (Å²) in [4.78, 5) is 9.07. The predicted octanol–water partition coefficient (Wildman–Crippen LogP) is 3.92. The molecule has 1 heterocycles. The Kier molecular flexibility index (Phi) is 5.03. The number of methoxy groups -OCH3 is 2. The van der Waals surface area contributed by atoms with Gasteiger partial charge in [-0.05, 0) is 31.9 Å². The molecule has 5 heteroatoms. The summed E-state index contributed by atoms with van der Waals surface area (Å²) in [5.74, 6) is 2.87. The normalized spacial score (nSPS) is 10.7. The number of fused-ring (bicyclic) bond motifs is 1. The van der Waals surface area contributed by atoms with Crippen LogP contribution in [0.2, 0.25) is 0 Å². The molecule has 25 heavy (non-hydrogen) atoms. The van der Waals surface area contributed by atoms with Crippen molar-refractivity contribution in [3.8, 4) is 11.5 Å². The summed E-state index contributed by atoms with van der Waals surface area (Å²) < 4.78 is 10.8. The third-order valence-electron chi connectivity index (χ3n) is 4.14. The van der Waals surface area contributed by atoms with Crippen LogP contribution in [0.5, 0.6) is 11.5 Å². The van der Waals surface area contributed by atoms with Gasteiger partial charge in [0.2, 0.25) is 0 Å². The van der Waals surface area contributed by atoms with Gasteiger partial charge in [-0.3, -0.25) is 0 Å². The summed E-state index contributed by atoms with van der Waals surface area (Å²) in [5.41, 5.74) is 3.41. The zero-order valence-corrected chi connectivity index (χ0v) is 15.1. The minimum absolute atomic E-state index is 0.665. The van der Waals surface area contributed by atoms with Gasteiger partial charge in [-0.1, -0.05) is 29.8 Å². The van der Waals surface area contributed by atoms with Crippen LogP contribution in [0, 0.1) is 13.8 Å². The minimum Gasteiger partial charge on any atom is -0.493 e.